The number of Topliss-reactive ketones (excluding diaryl/α,β-unsaturated/α-hetero) is 1. The van der Waals surface area contributed by atoms with Crippen LogP contribution in [0.2, 0.25) is 0 Å². The molecule has 0 atom stereocenters. The molecule has 0 aliphatic rings. The summed E-state index contributed by atoms with van der Waals surface area (Å²) in [4.78, 5) is 25.2. The first kappa shape index (κ1) is 20.0. The van der Waals surface area contributed by atoms with Crippen molar-refractivity contribution in [3.63, 3.8) is 0 Å². The number of nitrogens with zero attached hydrogens (tertiary/aromatic N) is 1. The van der Waals surface area contributed by atoms with Crippen molar-refractivity contribution in [1.29, 1.82) is 5.41 Å². The van der Waals surface area contributed by atoms with Crippen molar-refractivity contribution in [2.45, 2.75) is 13.8 Å². The predicted octanol–water partition coefficient (Wildman–Crippen LogP) is 4.51. The van der Waals surface area contributed by atoms with Crippen LogP contribution in [-0.4, -0.2) is 22.9 Å². The summed E-state index contributed by atoms with van der Waals surface area (Å²) in [5.41, 5.74) is 2.37. The lowest BCUT2D eigenvalue weighted by Gasteiger charge is -2.16. The Kier molecular flexibility index (Phi) is 6.19. The molecule has 5 heteroatoms. The highest BCUT2D eigenvalue weighted by molar-refractivity contribution is 6.04. The predicted molar refractivity (Wildman–Crippen MR) is 113 cm³/mol. The van der Waals surface area contributed by atoms with Gasteiger partial charge in [-0.05, 0) is 31.5 Å². The van der Waals surface area contributed by atoms with Crippen LogP contribution in [0.3, 0.4) is 0 Å². The van der Waals surface area contributed by atoms with Gasteiger partial charge in [-0.3, -0.25) is 10.2 Å². The van der Waals surface area contributed by atoms with E-state index in [1.54, 1.807) is 19.2 Å². The van der Waals surface area contributed by atoms with Crippen molar-refractivity contribution in [2.75, 3.05) is 6.61 Å². The molecule has 0 fully saturated rings. The number of carbonyl (C=O) groups is 2. The van der Waals surface area contributed by atoms with E-state index in [2.05, 4.69) is 0 Å². The maximum atomic E-state index is 12.8. The summed E-state index contributed by atoms with van der Waals surface area (Å²) in [6.07, 6.45) is 5.12. The molecule has 0 saturated heterocycles. The average Bonchev–Trinajstić information content (AvgIpc) is 2.73. The molecule has 3 aromatic rings. The van der Waals surface area contributed by atoms with Gasteiger partial charge in [-0.2, -0.15) is 0 Å². The number of benzene rings is 2. The molecule has 1 aromatic heterocycles. The zero-order valence-electron chi connectivity index (χ0n) is 16.4. The number of aromatic nitrogens is 1. The summed E-state index contributed by atoms with van der Waals surface area (Å²) < 4.78 is 6.74. The molecule has 5 nitrogen and oxygen atoms in total. The molecule has 3 rings (SSSR count). The Labute approximate surface area is 169 Å². The first-order chi connectivity index (χ1) is 14.0. The highest BCUT2D eigenvalue weighted by atomic mass is 16.5. The fraction of sp³-hybridized carbons (Fsp3) is 0.125. The van der Waals surface area contributed by atoms with Gasteiger partial charge < -0.3 is 9.30 Å². The Balaban J connectivity index is 2.29. The van der Waals surface area contributed by atoms with Crippen LogP contribution in [0.1, 0.15) is 45.7 Å². The lowest BCUT2D eigenvalue weighted by Crippen LogP contribution is -2.29. The van der Waals surface area contributed by atoms with E-state index >= 15 is 0 Å². The van der Waals surface area contributed by atoms with Gasteiger partial charge >= 0.3 is 5.97 Å². The summed E-state index contributed by atoms with van der Waals surface area (Å²) in [5, 5.41) is 8.67. The van der Waals surface area contributed by atoms with Crippen LogP contribution in [0.15, 0.2) is 66.9 Å². The summed E-state index contributed by atoms with van der Waals surface area (Å²) in [6.45, 7) is 3.33. The summed E-state index contributed by atoms with van der Waals surface area (Å²) >= 11 is 0. The number of esters is 1. The Morgan fingerprint density at radius 3 is 2.21 bits per heavy atom. The first-order valence-electron chi connectivity index (χ1n) is 9.33. The number of carbonyl (C=O) groups excluding carboxylic acids is 2. The molecule has 1 heterocycles. The van der Waals surface area contributed by atoms with Crippen LogP contribution in [0, 0.1) is 5.41 Å². The van der Waals surface area contributed by atoms with Gasteiger partial charge in [0.05, 0.1) is 6.61 Å². The summed E-state index contributed by atoms with van der Waals surface area (Å²) in [7, 11) is 0. The van der Waals surface area contributed by atoms with Crippen molar-refractivity contribution < 1.29 is 14.3 Å². The lowest BCUT2D eigenvalue weighted by molar-refractivity contribution is 0.0523. The van der Waals surface area contributed by atoms with Crippen LogP contribution in [0.4, 0.5) is 0 Å². The van der Waals surface area contributed by atoms with Crippen molar-refractivity contribution >= 4 is 23.9 Å². The minimum absolute atomic E-state index is 0.0349. The molecule has 0 bridgehead atoms. The number of ether oxygens (including phenoxy) is 1. The molecule has 0 radical (unpaired) electrons. The Morgan fingerprint density at radius 2 is 1.62 bits per heavy atom. The van der Waals surface area contributed by atoms with Gasteiger partial charge in [0, 0.05) is 23.0 Å². The molecular weight excluding hydrogens is 364 g/mol. The summed E-state index contributed by atoms with van der Waals surface area (Å²) in [6, 6.07) is 18.7. The number of ketones is 1. The van der Waals surface area contributed by atoms with Gasteiger partial charge in [0.2, 0.25) is 0 Å². The minimum atomic E-state index is -0.627. The second kappa shape index (κ2) is 8.97. The maximum absolute atomic E-state index is 12.8. The lowest BCUT2D eigenvalue weighted by atomic mass is 9.99. The Bertz CT molecular complexity index is 1110. The number of hydrogen-bond donors (Lipinski definition) is 1. The molecule has 29 heavy (non-hydrogen) atoms. The number of pyridine rings is 1. The van der Waals surface area contributed by atoms with E-state index in [0.717, 1.165) is 5.56 Å². The van der Waals surface area contributed by atoms with Gasteiger partial charge in [0.25, 0.3) is 0 Å². The van der Waals surface area contributed by atoms with Crippen molar-refractivity contribution in [3.05, 3.63) is 94.6 Å². The van der Waals surface area contributed by atoms with Crippen LogP contribution < -0.4 is 5.49 Å². The zero-order chi connectivity index (χ0) is 20.8. The number of nitrogens with one attached hydrogen (secondary N) is 1. The Hall–Kier alpha value is -3.73. The fourth-order valence-electron chi connectivity index (χ4n) is 3.05. The van der Waals surface area contributed by atoms with Gasteiger partial charge in [-0.15, -0.1) is 0 Å². The normalized spacial score (nSPS) is 10.8. The van der Waals surface area contributed by atoms with Crippen LogP contribution in [-0.2, 0) is 4.74 Å². The fourth-order valence-corrected chi connectivity index (χ4v) is 3.05. The molecule has 2 aromatic carbocycles. The molecule has 0 unspecified atom stereocenters. The van der Waals surface area contributed by atoms with E-state index in [1.165, 1.54) is 11.5 Å². The Morgan fingerprint density at radius 1 is 1.00 bits per heavy atom. The van der Waals surface area contributed by atoms with E-state index in [-0.39, 0.29) is 23.4 Å². The molecule has 0 spiro atoms. The van der Waals surface area contributed by atoms with Gasteiger partial charge in [-0.25, -0.2) is 4.79 Å². The van der Waals surface area contributed by atoms with Crippen LogP contribution in [0.5, 0.6) is 0 Å². The van der Waals surface area contributed by atoms with Crippen molar-refractivity contribution in [1.82, 2.24) is 4.57 Å². The smallest absolute Gasteiger partial charge is 0.342 e. The van der Waals surface area contributed by atoms with Gasteiger partial charge in [-0.1, -0.05) is 60.7 Å². The van der Waals surface area contributed by atoms with E-state index in [0.29, 0.717) is 16.8 Å². The first-order valence-corrected chi connectivity index (χ1v) is 9.33. The van der Waals surface area contributed by atoms with Crippen LogP contribution in [0.25, 0.3) is 17.8 Å². The van der Waals surface area contributed by atoms with E-state index in [9.17, 15) is 9.59 Å². The molecule has 0 saturated carbocycles. The monoisotopic (exact) mass is 386 g/mol. The highest BCUT2D eigenvalue weighted by Gasteiger charge is 2.22. The molecule has 1 N–H and O–H groups in total. The van der Waals surface area contributed by atoms with Crippen LogP contribution >= 0.6 is 0 Å². The standard InChI is InChI=1S/C24H22N2O3/c1-3-29-24(28)22-20(15-14-18-10-6-4-7-11-18)21(17(2)27)16-26(23(22)25)19-12-8-5-9-13-19/h4-16,25H,3H2,1-2H3/b15-14+,25-23?. The molecule has 0 aliphatic heterocycles. The molecule has 146 valence electrons. The SMILES string of the molecule is CCOC(=O)c1c(/C=C/c2ccccc2)c(C(C)=O)cn(-c2ccccc2)c1=N. The number of para-hydroxylation sites is 1. The highest BCUT2D eigenvalue weighted by Crippen LogP contribution is 2.19. The maximum Gasteiger partial charge on any atom is 0.342 e. The third kappa shape index (κ3) is 4.41. The number of rotatable bonds is 6. The molecule has 0 aliphatic carbocycles. The minimum Gasteiger partial charge on any atom is -0.462 e. The third-order valence-corrected chi connectivity index (χ3v) is 4.43. The average molecular weight is 386 g/mol. The second-order valence-electron chi connectivity index (χ2n) is 6.41. The topological polar surface area (TPSA) is 72.2 Å². The summed E-state index contributed by atoms with van der Waals surface area (Å²) in [5.74, 6) is -0.828. The van der Waals surface area contributed by atoms with Gasteiger partial charge in [0.15, 0.2) is 5.78 Å². The van der Waals surface area contributed by atoms with Gasteiger partial charge in [0.1, 0.15) is 11.1 Å². The van der Waals surface area contributed by atoms with E-state index in [4.69, 9.17) is 10.1 Å². The number of hydrogen-bond acceptors (Lipinski definition) is 4. The quantitative estimate of drug-likeness (QED) is 0.501. The molecule has 0 amide bonds. The van der Waals surface area contributed by atoms with Crippen molar-refractivity contribution in [3.8, 4) is 5.69 Å². The largest absolute Gasteiger partial charge is 0.462 e. The second-order valence-corrected chi connectivity index (χ2v) is 6.41. The van der Waals surface area contributed by atoms with Crippen molar-refractivity contribution in [2.24, 2.45) is 0 Å². The van der Waals surface area contributed by atoms with E-state index < -0.39 is 5.97 Å². The molecular formula is C24H22N2O3. The van der Waals surface area contributed by atoms with E-state index in [1.807, 2.05) is 66.7 Å². The zero-order valence-corrected chi connectivity index (χ0v) is 16.4. The third-order valence-electron chi connectivity index (χ3n) is 4.43.